The van der Waals surface area contributed by atoms with E-state index in [1.165, 1.54) is 16.2 Å². The number of H-pyrrole nitrogens is 1. The third kappa shape index (κ3) is 1.11. The Kier molecular flexibility index (Phi) is 1.56. The maximum absolute atomic E-state index is 4.22. The van der Waals surface area contributed by atoms with E-state index in [2.05, 4.69) is 57.9 Å². The van der Waals surface area contributed by atoms with E-state index in [0.29, 0.717) is 0 Å². The summed E-state index contributed by atoms with van der Waals surface area (Å²) in [6.07, 6.45) is 0. The van der Waals surface area contributed by atoms with Crippen molar-refractivity contribution in [1.82, 2.24) is 15.4 Å². The Bertz CT molecular complexity index is 846. The zero-order valence-corrected chi connectivity index (χ0v) is 9.01. The summed E-state index contributed by atoms with van der Waals surface area (Å²) in [6, 6.07) is 16.8. The molecule has 3 aromatic carbocycles. The minimum absolute atomic E-state index is 0.910. The van der Waals surface area contributed by atoms with Crippen molar-refractivity contribution < 1.29 is 0 Å². The average molecular weight is 219 g/mol. The smallest absolute Gasteiger partial charge is 0.120 e. The number of benzene rings is 3. The van der Waals surface area contributed by atoms with Crippen LogP contribution >= 0.6 is 0 Å². The lowest BCUT2D eigenvalue weighted by Crippen LogP contribution is -1.79. The predicted octanol–water partition coefficient (Wildman–Crippen LogP) is 3.26. The molecule has 3 nitrogen and oxygen atoms in total. The van der Waals surface area contributed by atoms with Gasteiger partial charge in [0.05, 0.1) is 0 Å². The molecule has 1 heterocycles. The van der Waals surface area contributed by atoms with Gasteiger partial charge in [-0.05, 0) is 22.2 Å². The Morgan fingerprint density at radius 1 is 0.706 bits per heavy atom. The van der Waals surface area contributed by atoms with Crippen LogP contribution in [-0.4, -0.2) is 15.4 Å². The van der Waals surface area contributed by atoms with Gasteiger partial charge in [0, 0.05) is 5.39 Å². The van der Waals surface area contributed by atoms with Gasteiger partial charge in [0.15, 0.2) is 0 Å². The molecular weight excluding hydrogens is 210 g/mol. The number of aromatic amines is 1. The highest BCUT2D eigenvalue weighted by molar-refractivity contribution is 6.15. The first-order valence-electron chi connectivity index (χ1n) is 5.54. The summed E-state index contributed by atoms with van der Waals surface area (Å²) < 4.78 is 0. The predicted molar refractivity (Wildman–Crippen MR) is 68.9 cm³/mol. The van der Waals surface area contributed by atoms with Crippen LogP contribution in [0.5, 0.6) is 0 Å². The fraction of sp³-hybridized carbons (Fsp3) is 0. The Balaban J connectivity index is 2.34. The highest BCUT2D eigenvalue weighted by Crippen LogP contribution is 2.28. The van der Waals surface area contributed by atoms with Crippen LogP contribution in [0, 0.1) is 0 Å². The Morgan fingerprint density at radius 3 is 2.59 bits per heavy atom. The van der Waals surface area contributed by atoms with Gasteiger partial charge >= 0.3 is 0 Å². The number of fused-ring (bicyclic) bond motifs is 5. The van der Waals surface area contributed by atoms with E-state index in [0.717, 1.165) is 16.4 Å². The molecule has 4 rings (SSSR count). The van der Waals surface area contributed by atoms with Crippen molar-refractivity contribution in [3.63, 3.8) is 0 Å². The third-order valence-electron chi connectivity index (χ3n) is 3.21. The monoisotopic (exact) mass is 219 g/mol. The Labute approximate surface area is 97.1 Å². The second kappa shape index (κ2) is 3.04. The molecule has 0 aliphatic heterocycles. The molecule has 80 valence electrons. The van der Waals surface area contributed by atoms with Crippen molar-refractivity contribution in [3.8, 4) is 0 Å². The Morgan fingerprint density at radius 2 is 1.59 bits per heavy atom. The molecule has 0 unspecified atom stereocenters. The van der Waals surface area contributed by atoms with E-state index in [1.807, 2.05) is 6.07 Å². The number of aromatic nitrogens is 3. The first-order valence-corrected chi connectivity index (χ1v) is 5.54. The molecule has 0 atom stereocenters. The first-order chi connectivity index (χ1) is 8.43. The average Bonchev–Trinajstić information content (AvgIpc) is 2.86. The lowest BCUT2D eigenvalue weighted by molar-refractivity contribution is 0.960. The zero-order chi connectivity index (χ0) is 11.2. The summed E-state index contributed by atoms with van der Waals surface area (Å²) in [7, 11) is 0. The van der Waals surface area contributed by atoms with Gasteiger partial charge in [-0.1, -0.05) is 42.5 Å². The minimum atomic E-state index is 0.910. The van der Waals surface area contributed by atoms with Gasteiger partial charge in [-0.25, -0.2) is 0 Å². The van der Waals surface area contributed by atoms with Crippen molar-refractivity contribution >= 4 is 32.6 Å². The lowest BCUT2D eigenvalue weighted by Gasteiger charge is -2.03. The number of nitrogens with zero attached hydrogens (tertiary/aromatic N) is 2. The van der Waals surface area contributed by atoms with Gasteiger partial charge in [-0.3, -0.25) is 0 Å². The SMILES string of the molecule is c1ccc2c(c1)ccc1c2ccc2n[nH]nc21. The topological polar surface area (TPSA) is 41.6 Å². The molecule has 0 spiro atoms. The van der Waals surface area contributed by atoms with Crippen LogP contribution in [0.15, 0.2) is 48.5 Å². The molecule has 1 aromatic heterocycles. The number of rotatable bonds is 0. The molecule has 0 aliphatic carbocycles. The van der Waals surface area contributed by atoms with Crippen LogP contribution in [0.1, 0.15) is 0 Å². The van der Waals surface area contributed by atoms with Gasteiger partial charge in [-0.15, -0.1) is 0 Å². The minimum Gasteiger partial charge on any atom is -0.197 e. The zero-order valence-electron chi connectivity index (χ0n) is 9.01. The fourth-order valence-corrected chi connectivity index (χ4v) is 2.40. The van der Waals surface area contributed by atoms with Crippen LogP contribution in [0.4, 0.5) is 0 Å². The quantitative estimate of drug-likeness (QED) is 0.461. The maximum Gasteiger partial charge on any atom is 0.120 e. The van der Waals surface area contributed by atoms with Crippen molar-refractivity contribution in [2.75, 3.05) is 0 Å². The summed E-state index contributed by atoms with van der Waals surface area (Å²) in [6.45, 7) is 0. The molecule has 0 amide bonds. The van der Waals surface area contributed by atoms with Crippen molar-refractivity contribution in [1.29, 1.82) is 0 Å². The second-order valence-corrected chi connectivity index (χ2v) is 4.14. The highest BCUT2D eigenvalue weighted by atomic mass is 15.3. The van der Waals surface area contributed by atoms with Crippen LogP contribution in [0.25, 0.3) is 32.6 Å². The summed E-state index contributed by atoms with van der Waals surface area (Å²) >= 11 is 0. The molecule has 0 aliphatic rings. The summed E-state index contributed by atoms with van der Waals surface area (Å²) in [5.41, 5.74) is 1.85. The van der Waals surface area contributed by atoms with Gasteiger partial charge in [0.25, 0.3) is 0 Å². The molecule has 4 aromatic rings. The highest BCUT2D eigenvalue weighted by Gasteiger charge is 2.06. The van der Waals surface area contributed by atoms with Gasteiger partial charge in [0.2, 0.25) is 0 Å². The van der Waals surface area contributed by atoms with Crippen LogP contribution in [0.3, 0.4) is 0 Å². The lowest BCUT2D eigenvalue weighted by atomic mass is 10.0. The van der Waals surface area contributed by atoms with Gasteiger partial charge < -0.3 is 0 Å². The fourth-order valence-electron chi connectivity index (χ4n) is 2.40. The third-order valence-corrected chi connectivity index (χ3v) is 3.21. The van der Waals surface area contributed by atoms with Crippen LogP contribution < -0.4 is 0 Å². The van der Waals surface area contributed by atoms with E-state index in [-0.39, 0.29) is 0 Å². The van der Waals surface area contributed by atoms with Gasteiger partial charge in [-0.2, -0.15) is 15.4 Å². The Hall–Kier alpha value is -2.42. The van der Waals surface area contributed by atoms with Crippen molar-refractivity contribution in [2.45, 2.75) is 0 Å². The maximum atomic E-state index is 4.22. The molecule has 17 heavy (non-hydrogen) atoms. The molecule has 0 saturated carbocycles. The molecular formula is C14H9N3. The normalized spacial score (nSPS) is 11.5. The molecule has 0 saturated heterocycles. The van der Waals surface area contributed by atoms with Crippen LogP contribution in [0.2, 0.25) is 0 Å². The number of hydrogen-bond donors (Lipinski definition) is 1. The van der Waals surface area contributed by atoms with E-state index in [4.69, 9.17) is 0 Å². The molecule has 0 bridgehead atoms. The van der Waals surface area contributed by atoms with Crippen LogP contribution in [-0.2, 0) is 0 Å². The molecule has 0 fully saturated rings. The largest absolute Gasteiger partial charge is 0.197 e. The molecule has 1 N–H and O–H groups in total. The number of nitrogens with one attached hydrogen (secondary N) is 1. The number of hydrogen-bond acceptors (Lipinski definition) is 2. The first kappa shape index (κ1) is 8.70. The van der Waals surface area contributed by atoms with E-state index in [9.17, 15) is 0 Å². The van der Waals surface area contributed by atoms with E-state index in [1.54, 1.807) is 0 Å². The second-order valence-electron chi connectivity index (χ2n) is 4.14. The van der Waals surface area contributed by atoms with Crippen molar-refractivity contribution in [3.05, 3.63) is 48.5 Å². The summed E-state index contributed by atoms with van der Waals surface area (Å²) in [4.78, 5) is 0. The summed E-state index contributed by atoms with van der Waals surface area (Å²) in [5, 5.41) is 15.9. The standard InChI is InChI=1S/C14H9N3/c1-2-4-10-9(3-1)5-6-12-11(10)7-8-13-14(12)16-17-15-13/h1-8H,(H,15,16,17). The molecule has 3 heteroatoms. The molecule has 0 radical (unpaired) electrons. The van der Waals surface area contributed by atoms with Crippen molar-refractivity contribution in [2.24, 2.45) is 0 Å². The summed E-state index contributed by atoms with van der Waals surface area (Å²) in [5.74, 6) is 0. The van der Waals surface area contributed by atoms with Gasteiger partial charge in [0.1, 0.15) is 11.0 Å². The van der Waals surface area contributed by atoms with E-state index < -0.39 is 0 Å². The van der Waals surface area contributed by atoms with E-state index >= 15 is 0 Å².